The van der Waals surface area contributed by atoms with E-state index >= 15 is 0 Å². The Hall–Kier alpha value is -0.860. The third-order valence-electron chi connectivity index (χ3n) is 3.55. The molecule has 2 heteroatoms. The summed E-state index contributed by atoms with van der Waals surface area (Å²) >= 11 is 0. The van der Waals surface area contributed by atoms with Crippen LogP contribution in [0.1, 0.15) is 36.9 Å². The maximum absolute atomic E-state index is 6.36. The Kier molecular flexibility index (Phi) is 3.62. The third-order valence-corrected chi connectivity index (χ3v) is 3.55. The lowest BCUT2D eigenvalue weighted by Gasteiger charge is -2.24. The summed E-state index contributed by atoms with van der Waals surface area (Å²) in [6, 6.07) is 8.63. The Labute approximate surface area is 97.8 Å². The van der Waals surface area contributed by atoms with E-state index in [9.17, 15) is 0 Å². The first-order chi connectivity index (χ1) is 7.72. The molecule has 1 aliphatic heterocycles. The Morgan fingerprint density at radius 2 is 2.31 bits per heavy atom. The predicted molar refractivity (Wildman–Crippen MR) is 66.2 cm³/mol. The number of hydrogen-bond acceptors (Lipinski definition) is 2. The fraction of sp³-hybridized carbons (Fsp3) is 0.571. The van der Waals surface area contributed by atoms with Crippen molar-refractivity contribution in [1.29, 1.82) is 0 Å². The van der Waals surface area contributed by atoms with E-state index in [4.69, 9.17) is 10.5 Å². The van der Waals surface area contributed by atoms with Gasteiger partial charge in [-0.15, -0.1) is 0 Å². The highest BCUT2D eigenvalue weighted by atomic mass is 16.5. The standard InChI is InChI=1S/C14H21NO/c1-3-13-12(7-8-16-13)14(15)11-6-4-5-10(2)9-11/h4-6,9,12-14H,3,7-8,15H2,1-2H3. The molecule has 1 aromatic carbocycles. The summed E-state index contributed by atoms with van der Waals surface area (Å²) in [4.78, 5) is 0. The zero-order valence-corrected chi connectivity index (χ0v) is 10.1. The fourth-order valence-electron chi connectivity index (χ4n) is 2.62. The number of benzene rings is 1. The van der Waals surface area contributed by atoms with Crippen LogP contribution >= 0.6 is 0 Å². The molecular formula is C14H21NO. The molecule has 0 spiro atoms. The van der Waals surface area contributed by atoms with Gasteiger partial charge in [0.25, 0.3) is 0 Å². The first-order valence-electron chi connectivity index (χ1n) is 6.16. The van der Waals surface area contributed by atoms with Crippen LogP contribution in [-0.2, 0) is 4.74 Å². The van der Waals surface area contributed by atoms with Crippen molar-refractivity contribution < 1.29 is 4.74 Å². The predicted octanol–water partition coefficient (Wildman–Crippen LogP) is 2.81. The number of nitrogens with two attached hydrogens (primary N) is 1. The van der Waals surface area contributed by atoms with Crippen molar-refractivity contribution in [2.45, 2.75) is 38.8 Å². The average molecular weight is 219 g/mol. The average Bonchev–Trinajstić information content (AvgIpc) is 2.76. The van der Waals surface area contributed by atoms with Crippen molar-refractivity contribution in [1.82, 2.24) is 0 Å². The zero-order chi connectivity index (χ0) is 11.5. The minimum Gasteiger partial charge on any atom is -0.378 e. The maximum atomic E-state index is 6.36. The molecule has 1 saturated heterocycles. The van der Waals surface area contributed by atoms with Gasteiger partial charge in [0.2, 0.25) is 0 Å². The Morgan fingerprint density at radius 3 is 3.00 bits per heavy atom. The summed E-state index contributed by atoms with van der Waals surface area (Å²) in [5.41, 5.74) is 8.88. The van der Waals surface area contributed by atoms with Crippen LogP contribution in [0.25, 0.3) is 0 Å². The van der Waals surface area contributed by atoms with Crippen molar-refractivity contribution in [3.8, 4) is 0 Å². The largest absolute Gasteiger partial charge is 0.378 e. The van der Waals surface area contributed by atoms with Crippen LogP contribution in [0.5, 0.6) is 0 Å². The van der Waals surface area contributed by atoms with E-state index in [0.717, 1.165) is 19.4 Å². The van der Waals surface area contributed by atoms with Crippen molar-refractivity contribution in [3.63, 3.8) is 0 Å². The van der Waals surface area contributed by atoms with Gasteiger partial charge in [-0.2, -0.15) is 0 Å². The summed E-state index contributed by atoms with van der Waals surface area (Å²) < 4.78 is 5.71. The van der Waals surface area contributed by atoms with Gasteiger partial charge in [-0.1, -0.05) is 36.8 Å². The van der Waals surface area contributed by atoms with Gasteiger partial charge in [-0.3, -0.25) is 0 Å². The first-order valence-corrected chi connectivity index (χ1v) is 6.16. The van der Waals surface area contributed by atoms with Crippen molar-refractivity contribution >= 4 is 0 Å². The lowest BCUT2D eigenvalue weighted by atomic mass is 9.87. The van der Waals surface area contributed by atoms with E-state index in [1.807, 2.05) is 0 Å². The Bertz CT molecular complexity index is 350. The zero-order valence-electron chi connectivity index (χ0n) is 10.1. The van der Waals surface area contributed by atoms with Crippen LogP contribution < -0.4 is 5.73 Å². The molecule has 0 bridgehead atoms. The lowest BCUT2D eigenvalue weighted by Crippen LogP contribution is -2.28. The van der Waals surface area contributed by atoms with Crippen LogP contribution in [0.15, 0.2) is 24.3 Å². The van der Waals surface area contributed by atoms with Crippen LogP contribution in [0.4, 0.5) is 0 Å². The SMILES string of the molecule is CCC1OCCC1C(N)c1cccc(C)c1. The Balaban J connectivity index is 2.15. The Morgan fingerprint density at radius 1 is 1.50 bits per heavy atom. The number of aryl methyl sites for hydroxylation is 1. The maximum Gasteiger partial charge on any atom is 0.0619 e. The van der Waals surface area contributed by atoms with Crippen LogP contribution in [0.2, 0.25) is 0 Å². The van der Waals surface area contributed by atoms with Gasteiger partial charge in [-0.05, 0) is 25.3 Å². The molecule has 3 unspecified atom stereocenters. The fourth-order valence-corrected chi connectivity index (χ4v) is 2.62. The summed E-state index contributed by atoms with van der Waals surface area (Å²) in [6.07, 6.45) is 2.49. The van der Waals surface area contributed by atoms with Gasteiger partial charge in [0.05, 0.1) is 6.10 Å². The smallest absolute Gasteiger partial charge is 0.0619 e. The van der Waals surface area contributed by atoms with E-state index in [2.05, 4.69) is 38.1 Å². The molecule has 88 valence electrons. The minimum atomic E-state index is 0.118. The summed E-state index contributed by atoms with van der Waals surface area (Å²) in [5.74, 6) is 0.479. The molecule has 16 heavy (non-hydrogen) atoms. The van der Waals surface area contributed by atoms with Gasteiger partial charge >= 0.3 is 0 Å². The van der Waals surface area contributed by atoms with E-state index < -0.39 is 0 Å². The molecule has 2 nitrogen and oxygen atoms in total. The van der Waals surface area contributed by atoms with E-state index in [0.29, 0.717) is 12.0 Å². The van der Waals surface area contributed by atoms with E-state index in [-0.39, 0.29) is 6.04 Å². The highest BCUT2D eigenvalue weighted by Gasteiger charge is 2.32. The first kappa shape index (κ1) is 11.6. The van der Waals surface area contributed by atoms with Crippen LogP contribution in [-0.4, -0.2) is 12.7 Å². The summed E-state index contributed by atoms with van der Waals surface area (Å²) in [5, 5.41) is 0. The van der Waals surface area contributed by atoms with Gasteiger partial charge in [0, 0.05) is 18.6 Å². The second kappa shape index (κ2) is 4.98. The van der Waals surface area contributed by atoms with Gasteiger partial charge in [-0.25, -0.2) is 0 Å². The minimum absolute atomic E-state index is 0.118. The molecule has 1 aliphatic rings. The topological polar surface area (TPSA) is 35.2 Å². The second-order valence-corrected chi connectivity index (χ2v) is 4.71. The van der Waals surface area contributed by atoms with Crippen LogP contribution in [0.3, 0.4) is 0 Å². The lowest BCUT2D eigenvalue weighted by molar-refractivity contribution is 0.0813. The number of rotatable bonds is 3. The molecule has 3 atom stereocenters. The molecule has 0 radical (unpaired) electrons. The van der Waals surface area contributed by atoms with E-state index in [1.165, 1.54) is 11.1 Å². The number of ether oxygens (including phenoxy) is 1. The molecule has 1 fully saturated rings. The third kappa shape index (κ3) is 2.28. The number of hydrogen-bond donors (Lipinski definition) is 1. The molecular weight excluding hydrogens is 198 g/mol. The second-order valence-electron chi connectivity index (χ2n) is 4.71. The normalized spacial score (nSPS) is 26.9. The quantitative estimate of drug-likeness (QED) is 0.848. The molecule has 0 aliphatic carbocycles. The van der Waals surface area contributed by atoms with Crippen molar-refractivity contribution in [2.75, 3.05) is 6.61 Å². The van der Waals surface area contributed by atoms with Crippen LogP contribution in [0, 0.1) is 12.8 Å². The molecule has 0 saturated carbocycles. The van der Waals surface area contributed by atoms with Crippen molar-refractivity contribution in [3.05, 3.63) is 35.4 Å². The monoisotopic (exact) mass is 219 g/mol. The molecule has 2 rings (SSSR count). The molecule has 1 heterocycles. The highest BCUT2D eigenvalue weighted by molar-refractivity contribution is 5.25. The molecule has 1 aromatic rings. The summed E-state index contributed by atoms with van der Waals surface area (Å²) in [7, 11) is 0. The summed E-state index contributed by atoms with van der Waals surface area (Å²) in [6.45, 7) is 5.15. The molecule has 0 amide bonds. The molecule has 2 N–H and O–H groups in total. The van der Waals surface area contributed by atoms with Crippen molar-refractivity contribution in [2.24, 2.45) is 11.7 Å². The van der Waals surface area contributed by atoms with Gasteiger partial charge in [0.15, 0.2) is 0 Å². The molecule has 0 aromatic heterocycles. The van der Waals surface area contributed by atoms with E-state index in [1.54, 1.807) is 0 Å². The van der Waals surface area contributed by atoms with Gasteiger partial charge in [0.1, 0.15) is 0 Å². The van der Waals surface area contributed by atoms with Gasteiger partial charge < -0.3 is 10.5 Å². The highest BCUT2D eigenvalue weighted by Crippen LogP contribution is 2.33.